The Bertz CT molecular complexity index is 230. The van der Waals surface area contributed by atoms with Gasteiger partial charge in [-0.25, -0.2) is 0 Å². The Hall–Kier alpha value is -0.570. The van der Waals surface area contributed by atoms with Crippen molar-refractivity contribution in [1.29, 1.82) is 0 Å². The fourth-order valence-electron chi connectivity index (χ4n) is 3.27. The van der Waals surface area contributed by atoms with Crippen LogP contribution in [0.15, 0.2) is 0 Å². The van der Waals surface area contributed by atoms with E-state index in [1.807, 2.05) is 7.05 Å². The van der Waals surface area contributed by atoms with Crippen molar-refractivity contribution < 1.29 is 4.79 Å². The summed E-state index contributed by atoms with van der Waals surface area (Å²) in [6.07, 6.45) is 7.98. The number of fused-ring (bicyclic) bond motifs is 1. The van der Waals surface area contributed by atoms with Crippen LogP contribution < -0.4 is 10.6 Å². The molecular formula is C12H22N2O. The standard InChI is InChI=1S/C12H22N2O/c1-13-8-12(15)14-11-6-5-9-3-2-4-10(9)7-11/h9-11,13H,2-8H2,1H3,(H,14,15). The average molecular weight is 210 g/mol. The van der Waals surface area contributed by atoms with Crippen LogP contribution in [0.2, 0.25) is 0 Å². The number of hydrogen-bond acceptors (Lipinski definition) is 2. The SMILES string of the molecule is CNCC(=O)NC1CCC2CCCC2C1. The second-order valence-electron chi connectivity index (χ2n) is 5.06. The number of amides is 1. The van der Waals surface area contributed by atoms with Gasteiger partial charge < -0.3 is 10.6 Å². The zero-order valence-electron chi connectivity index (χ0n) is 9.59. The molecule has 2 aliphatic carbocycles. The van der Waals surface area contributed by atoms with E-state index in [0.717, 1.165) is 11.8 Å². The molecule has 0 aromatic heterocycles. The molecule has 2 fully saturated rings. The van der Waals surface area contributed by atoms with Gasteiger partial charge in [0.15, 0.2) is 0 Å². The van der Waals surface area contributed by atoms with Gasteiger partial charge >= 0.3 is 0 Å². The molecule has 0 saturated heterocycles. The minimum absolute atomic E-state index is 0.152. The number of carbonyl (C=O) groups is 1. The van der Waals surface area contributed by atoms with E-state index in [2.05, 4.69) is 10.6 Å². The second-order valence-corrected chi connectivity index (χ2v) is 5.06. The average Bonchev–Trinajstić information content (AvgIpc) is 2.65. The van der Waals surface area contributed by atoms with Gasteiger partial charge in [0, 0.05) is 6.04 Å². The van der Waals surface area contributed by atoms with Crippen molar-refractivity contribution in [3.8, 4) is 0 Å². The fourth-order valence-corrected chi connectivity index (χ4v) is 3.27. The summed E-state index contributed by atoms with van der Waals surface area (Å²) in [4.78, 5) is 11.4. The van der Waals surface area contributed by atoms with Crippen molar-refractivity contribution in [2.75, 3.05) is 13.6 Å². The van der Waals surface area contributed by atoms with E-state index in [1.54, 1.807) is 0 Å². The number of nitrogens with one attached hydrogen (secondary N) is 2. The quantitative estimate of drug-likeness (QED) is 0.737. The second kappa shape index (κ2) is 4.97. The summed E-state index contributed by atoms with van der Waals surface area (Å²) in [5, 5.41) is 6.02. The first-order valence-electron chi connectivity index (χ1n) is 6.23. The van der Waals surface area contributed by atoms with Gasteiger partial charge in [-0.05, 0) is 38.1 Å². The van der Waals surface area contributed by atoms with E-state index >= 15 is 0 Å². The number of likely N-dealkylation sites (N-methyl/N-ethyl adjacent to an activating group) is 1. The molecule has 0 aliphatic heterocycles. The first-order chi connectivity index (χ1) is 7.29. The minimum atomic E-state index is 0.152. The van der Waals surface area contributed by atoms with E-state index < -0.39 is 0 Å². The molecule has 0 aromatic carbocycles. The molecule has 0 bridgehead atoms. The maximum Gasteiger partial charge on any atom is 0.234 e. The molecule has 2 saturated carbocycles. The predicted octanol–water partition coefficient (Wildman–Crippen LogP) is 1.29. The normalized spacial score (nSPS) is 34.9. The summed E-state index contributed by atoms with van der Waals surface area (Å²) in [6, 6.07) is 0.449. The Labute approximate surface area is 92.0 Å². The summed E-state index contributed by atoms with van der Waals surface area (Å²) in [7, 11) is 1.81. The topological polar surface area (TPSA) is 41.1 Å². The van der Waals surface area contributed by atoms with Gasteiger partial charge in [0.05, 0.1) is 6.54 Å². The molecule has 3 atom stereocenters. The van der Waals surface area contributed by atoms with Crippen molar-refractivity contribution in [2.24, 2.45) is 11.8 Å². The number of rotatable bonds is 3. The van der Waals surface area contributed by atoms with Crippen LogP contribution in [0.5, 0.6) is 0 Å². The van der Waals surface area contributed by atoms with Gasteiger partial charge in [-0.15, -0.1) is 0 Å². The highest BCUT2D eigenvalue weighted by molar-refractivity contribution is 5.78. The van der Waals surface area contributed by atoms with Crippen molar-refractivity contribution in [3.63, 3.8) is 0 Å². The van der Waals surface area contributed by atoms with E-state index in [4.69, 9.17) is 0 Å². The van der Waals surface area contributed by atoms with Gasteiger partial charge in [-0.1, -0.05) is 19.3 Å². The molecule has 2 aliphatic rings. The maximum absolute atomic E-state index is 11.4. The van der Waals surface area contributed by atoms with Crippen molar-refractivity contribution in [1.82, 2.24) is 10.6 Å². The van der Waals surface area contributed by atoms with Gasteiger partial charge in [0.25, 0.3) is 0 Å². The molecule has 3 unspecified atom stereocenters. The largest absolute Gasteiger partial charge is 0.352 e. The summed E-state index contributed by atoms with van der Waals surface area (Å²) in [5.41, 5.74) is 0. The van der Waals surface area contributed by atoms with Crippen LogP contribution >= 0.6 is 0 Å². The molecular weight excluding hydrogens is 188 g/mol. The number of carbonyl (C=O) groups excluding carboxylic acids is 1. The van der Waals surface area contributed by atoms with Crippen molar-refractivity contribution in [3.05, 3.63) is 0 Å². The van der Waals surface area contributed by atoms with Gasteiger partial charge in [-0.3, -0.25) is 4.79 Å². The van der Waals surface area contributed by atoms with Crippen LogP contribution in [0.25, 0.3) is 0 Å². The maximum atomic E-state index is 11.4. The molecule has 0 radical (unpaired) electrons. The van der Waals surface area contributed by atoms with E-state index in [9.17, 15) is 4.79 Å². The molecule has 0 spiro atoms. The molecule has 2 rings (SSSR count). The third kappa shape index (κ3) is 2.71. The highest BCUT2D eigenvalue weighted by Crippen LogP contribution is 2.41. The Kier molecular flexibility index (Phi) is 3.62. The lowest BCUT2D eigenvalue weighted by Gasteiger charge is -2.32. The third-order valence-corrected chi connectivity index (χ3v) is 3.99. The van der Waals surface area contributed by atoms with E-state index in [1.165, 1.54) is 38.5 Å². The molecule has 1 amide bonds. The van der Waals surface area contributed by atoms with Crippen LogP contribution in [0.3, 0.4) is 0 Å². The Morgan fingerprint density at radius 2 is 2.00 bits per heavy atom. The lowest BCUT2D eigenvalue weighted by Crippen LogP contribution is -2.43. The lowest BCUT2D eigenvalue weighted by molar-refractivity contribution is -0.121. The summed E-state index contributed by atoms with van der Waals surface area (Å²) in [5.74, 6) is 2.03. The molecule has 2 N–H and O–H groups in total. The molecule has 0 aromatic rings. The lowest BCUT2D eigenvalue weighted by atomic mass is 9.79. The minimum Gasteiger partial charge on any atom is -0.352 e. The van der Waals surface area contributed by atoms with E-state index in [0.29, 0.717) is 12.6 Å². The van der Waals surface area contributed by atoms with Crippen LogP contribution in [0.1, 0.15) is 38.5 Å². The molecule has 3 nitrogen and oxygen atoms in total. The van der Waals surface area contributed by atoms with Crippen molar-refractivity contribution >= 4 is 5.91 Å². The zero-order valence-corrected chi connectivity index (χ0v) is 9.59. The van der Waals surface area contributed by atoms with Crippen LogP contribution in [-0.2, 0) is 4.79 Å². The van der Waals surface area contributed by atoms with Crippen LogP contribution in [0, 0.1) is 11.8 Å². The zero-order chi connectivity index (χ0) is 10.7. The number of hydrogen-bond donors (Lipinski definition) is 2. The Morgan fingerprint density at radius 3 is 2.80 bits per heavy atom. The van der Waals surface area contributed by atoms with E-state index in [-0.39, 0.29) is 5.91 Å². The summed E-state index contributed by atoms with van der Waals surface area (Å²) in [6.45, 7) is 0.449. The summed E-state index contributed by atoms with van der Waals surface area (Å²) < 4.78 is 0. The Balaban J connectivity index is 1.77. The van der Waals surface area contributed by atoms with Gasteiger partial charge in [0.1, 0.15) is 0 Å². The molecule has 3 heteroatoms. The highest BCUT2D eigenvalue weighted by Gasteiger charge is 2.33. The monoisotopic (exact) mass is 210 g/mol. The molecule has 86 valence electrons. The predicted molar refractivity (Wildman–Crippen MR) is 60.5 cm³/mol. The smallest absolute Gasteiger partial charge is 0.234 e. The Morgan fingerprint density at radius 1 is 1.20 bits per heavy atom. The third-order valence-electron chi connectivity index (χ3n) is 3.99. The van der Waals surface area contributed by atoms with Crippen LogP contribution in [0.4, 0.5) is 0 Å². The summed E-state index contributed by atoms with van der Waals surface area (Å²) >= 11 is 0. The molecule has 0 heterocycles. The fraction of sp³-hybridized carbons (Fsp3) is 0.917. The van der Waals surface area contributed by atoms with Gasteiger partial charge in [0.2, 0.25) is 5.91 Å². The highest BCUT2D eigenvalue weighted by atomic mass is 16.1. The first-order valence-corrected chi connectivity index (χ1v) is 6.23. The first kappa shape index (κ1) is 10.9. The van der Waals surface area contributed by atoms with Crippen molar-refractivity contribution in [2.45, 2.75) is 44.6 Å². The van der Waals surface area contributed by atoms with Gasteiger partial charge in [-0.2, -0.15) is 0 Å². The van der Waals surface area contributed by atoms with Crippen LogP contribution in [-0.4, -0.2) is 25.5 Å². The molecule has 15 heavy (non-hydrogen) atoms.